The van der Waals surface area contributed by atoms with Crippen LogP contribution in [-0.4, -0.2) is 25.8 Å². The molecule has 2 atom stereocenters. The molecule has 5 heteroatoms. The Balaban J connectivity index is 1.98. The highest BCUT2D eigenvalue weighted by Gasteiger charge is 2.14. The van der Waals surface area contributed by atoms with Crippen molar-refractivity contribution in [3.8, 4) is 0 Å². The molecule has 0 fully saturated rings. The molecule has 2 unspecified atom stereocenters. The van der Waals surface area contributed by atoms with Gasteiger partial charge in [-0.1, -0.05) is 48.9 Å². The fraction of sp³-hybridized carbons (Fsp3) is 0.368. The minimum atomic E-state index is -3.17. The highest BCUT2D eigenvalue weighted by molar-refractivity contribution is 7.91. The molecule has 0 spiro atoms. The second-order valence-electron chi connectivity index (χ2n) is 6.03. The first-order valence-electron chi connectivity index (χ1n) is 8.14. The van der Waals surface area contributed by atoms with E-state index >= 15 is 0 Å². The van der Waals surface area contributed by atoms with Crippen molar-refractivity contribution in [3.63, 3.8) is 0 Å². The van der Waals surface area contributed by atoms with Gasteiger partial charge in [0.15, 0.2) is 9.84 Å². The van der Waals surface area contributed by atoms with Crippen molar-refractivity contribution in [2.24, 2.45) is 0 Å². The lowest BCUT2D eigenvalue weighted by atomic mass is 10.1. The Morgan fingerprint density at radius 2 is 1.75 bits per heavy atom. The largest absolute Gasteiger partial charge is 0.387 e. The Kier molecular flexibility index (Phi) is 6.15. The lowest BCUT2D eigenvalue weighted by Gasteiger charge is -2.18. The summed E-state index contributed by atoms with van der Waals surface area (Å²) in [6.45, 7) is 6.06. The number of hydrogen-bond acceptors (Lipinski definition) is 4. The van der Waals surface area contributed by atoms with Crippen molar-refractivity contribution < 1.29 is 13.5 Å². The molecule has 0 aliphatic heterocycles. The van der Waals surface area contributed by atoms with Crippen LogP contribution in [0.1, 0.15) is 42.7 Å². The van der Waals surface area contributed by atoms with Gasteiger partial charge in [-0.2, -0.15) is 0 Å². The summed E-state index contributed by atoms with van der Waals surface area (Å²) < 4.78 is 23.7. The fourth-order valence-electron chi connectivity index (χ4n) is 2.53. The smallest absolute Gasteiger partial charge is 0.178 e. The molecule has 2 aromatic rings. The van der Waals surface area contributed by atoms with Crippen LogP contribution in [0.15, 0.2) is 53.4 Å². The Morgan fingerprint density at radius 1 is 1.08 bits per heavy atom. The first kappa shape index (κ1) is 18.6. The second-order valence-corrected chi connectivity index (χ2v) is 8.31. The van der Waals surface area contributed by atoms with Crippen molar-refractivity contribution in [1.29, 1.82) is 0 Å². The van der Waals surface area contributed by atoms with Crippen LogP contribution in [0.2, 0.25) is 0 Å². The summed E-state index contributed by atoms with van der Waals surface area (Å²) in [5, 5.41) is 13.6. The number of benzene rings is 2. The Bertz CT molecular complexity index is 769. The minimum absolute atomic E-state index is 0.0165. The van der Waals surface area contributed by atoms with E-state index < -0.39 is 15.9 Å². The topological polar surface area (TPSA) is 66.4 Å². The van der Waals surface area contributed by atoms with E-state index in [-0.39, 0.29) is 11.8 Å². The van der Waals surface area contributed by atoms with Crippen molar-refractivity contribution >= 4 is 9.84 Å². The van der Waals surface area contributed by atoms with Crippen LogP contribution in [0.3, 0.4) is 0 Å². The van der Waals surface area contributed by atoms with E-state index in [1.807, 2.05) is 50.2 Å². The van der Waals surface area contributed by atoms with Crippen LogP contribution in [0.5, 0.6) is 0 Å². The monoisotopic (exact) mass is 347 g/mol. The zero-order valence-electron chi connectivity index (χ0n) is 14.4. The van der Waals surface area contributed by atoms with Crippen molar-refractivity contribution in [2.45, 2.75) is 37.8 Å². The predicted molar refractivity (Wildman–Crippen MR) is 96.7 cm³/mol. The van der Waals surface area contributed by atoms with Gasteiger partial charge in [0.2, 0.25) is 0 Å². The summed E-state index contributed by atoms with van der Waals surface area (Å²) in [4.78, 5) is 0.348. The number of nitrogens with one attached hydrogen (secondary N) is 1. The molecule has 0 saturated carbocycles. The molecule has 0 saturated heterocycles. The molecule has 2 N–H and O–H groups in total. The third-order valence-corrected chi connectivity index (χ3v) is 5.91. The van der Waals surface area contributed by atoms with Gasteiger partial charge < -0.3 is 10.4 Å². The quantitative estimate of drug-likeness (QED) is 0.807. The fourth-order valence-corrected chi connectivity index (χ4v) is 3.42. The van der Waals surface area contributed by atoms with Gasteiger partial charge in [0.1, 0.15) is 0 Å². The van der Waals surface area contributed by atoms with E-state index in [1.54, 1.807) is 19.1 Å². The Morgan fingerprint density at radius 3 is 2.33 bits per heavy atom. The lowest BCUT2D eigenvalue weighted by Crippen LogP contribution is -2.24. The number of sulfone groups is 1. The number of rotatable bonds is 7. The highest BCUT2D eigenvalue weighted by atomic mass is 32.2. The number of aryl methyl sites for hydroxylation is 1. The minimum Gasteiger partial charge on any atom is -0.387 e. The molecule has 0 aliphatic rings. The average molecular weight is 347 g/mol. The zero-order valence-corrected chi connectivity index (χ0v) is 15.2. The van der Waals surface area contributed by atoms with Gasteiger partial charge in [-0.15, -0.1) is 0 Å². The van der Waals surface area contributed by atoms with Crippen LogP contribution in [0.25, 0.3) is 0 Å². The molecule has 0 aliphatic carbocycles. The van der Waals surface area contributed by atoms with Crippen LogP contribution in [0, 0.1) is 6.92 Å². The molecule has 2 rings (SSSR count). The van der Waals surface area contributed by atoms with E-state index in [1.165, 1.54) is 0 Å². The maximum Gasteiger partial charge on any atom is 0.178 e. The number of hydrogen-bond donors (Lipinski definition) is 2. The van der Waals surface area contributed by atoms with Crippen molar-refractivity contribution in [1.82, 2.24) is 5.32 Å². The molecule has 4 nitrogen and oxygen atoms in total. The molecule has 0 amide bonds. The third-order valence-electron chi connectivity index (χ3n) is 4.16. The Labute approximate surface area is 144 Å². The van der Waals surface area contributed by atoms with Crippen LogP contribution in [0.4, 0.5) is 0 Å². The van der Waals surface area contributed by atoms with Crippen LogP contribution in [-0.2, 0) is 9.84 Å². The molecule has 0 aromatic heterocycles. The summed E-state index contributed by atoms with van der Waals surface area (Å²) >= 11 is 0. The van der Waals surface area contributed by atoms with E-state index in [2.05, 4.69) is 5.32 Å². The van der Waals surface area contributed by atoms with Gasteiger partial charge in [-0.3, -0.25) is 0 Å². The molecule has 130 valence electrons. The second kappa shape index (κ2) is 7.92. The van der Waals surface area contributed by atoms with Crippen LogP contribution < -0.4 is 5.32 Å². The molecular weight excluding hydrogens is 322 g/mol. The number of aliphatic hydroxyl groups is 1. The highest BCUT2D eigenvalue weighted by Crippen LogP contribution is 2.19. The molecule has 0 heterocycles. The van der Waals surface area contributed by atoms with Gasteiger partial charge in [0.05, 0.1) is 16.8 Å². The van der Waals surface area contributed by atoms with Gasteiger partial charge in [-0.05, 0) is 37.1 Å². The summed E-state index contributed by atoms with van der Waals surface area (Å²) in [7, 11) is -3.17. The molecule has 0 radical (unpaired) electrons. The van der Waals surface area contributed by atoms with Crippen LogP contribution >= 0.6 is 0 Å². The van der Waals surface area contributed by atoms with E-state index in [4.69, 9.17) is 0 Å². The molecular formula is C19H25NO3S. The van der Waals surface area contributed by atoms with E-state index in [0.29, 0.717) is 11.4 Å². The van der Waals surface area contributed by atoms with Gasteiger partial charge >= 0.3 is 0 Å². The summed E-state index contributed by atoms with van der Waals surface area (Å²) in [6, 6.07) is 14.8. The normalized spacial score (nSPS) is 14.3. The SMILES string of the molecule is CCS(=O)(=O)c1ccc(C(C)NCC(O)c2cccc(C)c2)cc1. The summed E-state index contributed by atoms with van der Waals surface area (Å²) in [6.07, 6.45) is -0.577. The summed E-state index contributed by atoms with van der Waals surface area (Å²) in [5.41, 5.74) is 2.99. The first-order valence-corrected chi connectivity index (χ1v) is 9.79. The zero-order chi connectivity index (χ0) is 17.7. The van der Waals surface area contributed by atoms with Crippen molar-refractivity contribution in [3.05, 3.63) is 65.2 Å². The maximum atomic E-state index is 11.8. The molecule has 24 heavy (non-hydrogen) atoms. The van der Waals surface area contributed by atoms with Gasteiger partial charge in [0.25, 0.3) is 0 Å². The molecule has 0 bridgehead atoms. The van der Waals surface area contributed by atoms with E-state index in [9.17, 15) is 13.5 Å². The molecule has 2 aromatic carbocycles. The lowest BCUT2D eigenvalue weighted by molar-refractivity contribution is 0.170. The predicted octanol–water partition coefficient (Wildman–Crippen LogP) is 3.17. The number of aliphatic hydroxyl groups excluding tert-OH is 1. The standard InChI is InChI=1S/C19H25NO3S/c1-4-24(22,23)18-10-8-16(9-11-18)15(3)20-13-19(21)17-7-5-6-14(2)12-17/h5-12,15,19-21H,4,13H2,1-3H3. The van der Waals surface area contributed by atoms with Gasteiger partial charge in [0, 0.05) is 12.6 Å². The van der Waals surface area contributed by atoms with E-state index in [0.717, 1.165) is 16.7 Å². The van der Waals surface area contributed by atoms with Gasteiger partial charge in [-0.25, -0.2) is 8.42 Å². The maximum absolute atomic E-state index is 11.8. The first-order chi connectivity index (χ1) is 11.3. The Hall–Kier alpha value is -1.69. The van der Waals surface area contributed by atoms with Crippen molar-refractivity contribution in [2.75, 3.05) is 12.3 Å². The third kappa shape index (κ3) is 4.66. The average Bonchev–Trinajstić information content (AvgIpc) is 2.59. The summed E-state index contributed by atoms with van der Waals surface area (Å²) in [5.74, 6) is 0.100.